The zero-order valence-electron chi connectivity index (χ0n) is 20.7. The minimum Gasteiger partial charge on any atom is -0.492 e. The highest BCUT2D eigenvalue weighted by atomic mass is 79.9. The standard InChI is InChI=1S/C27H32BrN3O4/c1-5-34-24-11-10-20(28)17-23(24)31-21(16-19-8-6-7-9-22(19)25(31)32)18-29-12-14-30(15-13-29)26(33)35-27(2,3)4/h6-11,16-17H,5,12-15,18H2,1-4H3. The fourth-order valence-electron chi connectivity index (χ4n) is 4.28. The fourth-order valence-corrected chi connectivity index (χ4v) is 4.63. The Balaban J connectivity index is 1.67. The maximum atomic E-state index is 13.7. The van der Waals surface area contributed by atoms with Gasteiger partial charge in [-0.2, -0.15) is 0 Å². The molecule has 0 atom stereocenters. The number of fused-ring (bicyclic) bond motifs is 1. The van der Waals surface area contributed by atoms with Gasteiger partial charge in [0, 0.05) is 48.3 Å². The molecule has 1 aromatic heterocycles. The summed E-state index contributed by atoms with van der Waals surface area (Å²) in [7, 11) is 0. The van der Waals surface area contributed by atoms with E-state index < -0.39 is 5.60 Å². The molecule has 0 spiro atoms. The van der Waals surface area contributed by atoms with Crippen LogP contribution in [0, 0.1) is 0 Å². The predicted molar refractivity (Wildman–Crippen MR) is 141 cm³/mol. The first-order valence-corrected chi connectivity index (χ1v) is 12.7. The van der Waals surface area contributed by atoms with Crippen molar-refractivity contribution < 1.29 is 14.3 Å². The molecular weight excluding hydrogens is 510 g/mol. The van der Waals surface area contributed by atoms with Crippen LogP contribution in [0.3, 0.4) is 0 Å². The molecule has 2 aromatic carbocycles. The van der Waals surface area contributed by atoms with Gasteiger partial charge in [-0.25, -0.2) is 4.79 Å². The monoisotopic (exact) mass is 541 g/mol. The van der Waals surface area contributed by atoms with Gasteiger partial charge in [0.05, 0.1) is 12.3 Å². The molecule has 0 bridgehead atoms. The van der Waals surface area contributed by atoms with Crippen molar-refractivity contribution in [2.45, 2.75) is 39.8 Å². The van der Waals surface area contributed by atoms with Crippen molar-refractivity contribution in [2.24, 2.45) is 0 Å². The number of carbonyl (C=O) groups excluding carboxylic acids is 1. The number of ether oxygens (including phenoxy) is 2. The third-order valence-corrected chi connectivity index (χ3v) is 6.37. The lowest BCUT2D eigenvalue weighted by molar-refractivity contribution is 0.0137. The van der Waals surface area contributed by atoms with Gasteiger partial charge in [-0.15, -0.1) is 0 Å². The molecule has 2 heterocycles. The number of benzene rings is 2. The van der Waals surface area contributed by atoms with Crippen LogP contribution in [0.15, 0.2) is 57.8 Å². The van der Waals surface area contributed by atoms with E-state index in [1.54, 1.807) is 9.47 Å². The predicted octanol–water partition coefficient (Wildman–Crippen LogP) is 5.20. The molecule has 8 heteroatoms. The number of piperazine rings is 1. The van der Waals surface area contributed by atoms with Gasteiger partial charge in [-0.1, -0.05) is 34.1 Å². The second kappa shape index (κ2) is 10.4. The number of nitrogens with zero attached hydrogens (tertiary/aromatic N) is 3. The zero-order valence-corrected chi connectivity index (χ0v) is 22.3. The van der Waals surface area contributed by atoms with E-state index in [2.05, 4.69) is 26.9 Å². The summed E-state index contributed by atoms with van der Waals surface area (Å²) >= 11 is 3.55. The van der Waals surface area contributed by atoms with Crippen LogP contribution in [-0.4, -0.2) is 58.8 Å². The van der Waals surface area contributed by atoms with Crippen LogP contribution in [0.25, 0.3) is 16.5 Å². The summed E-state index contributed by atoms with van der Waals surface area (Å²) in [4.78, 5) is 30.2. The normalized spacial score (nSPS) is 14.8. The van der Waals surface area contributed by atoms with Gasteiger partial charge >= 0.3 is 6.09 Å². The Kier molecular flexibility index (Phi) is 7.52. The molecule has 1 saturated heterocycles. The lowest BCUT2D eigenvalue weighted by Crippen LogP contribution is -2.49. The summed E-state index contributed by atoms with van der Waals surface area (Å²) in [5, 5.41) is 1.57. The fraction of sp³-hybridized carbons (Fsp3) is 0.407. The molecule has 0 N–H and O–H groups in total. The van der Waals surface area contributed by atoms with Crippen molar-refractivity contribution in [3.8, 4) is 11.4 Å². The number of hydrogen-bond donors (Lipinski definition) is 0. The van der Waals surface area contributed by atoms with Crippen molar-refractivity contribution in [3.05, 3.63) is 69.1 Å². The van der Waals surface area contributed by atoms with Gasteiger partial charge in [0.25, 0.3) is 5.56 Å². The van der Waals surface area contributed by atoms with Gasteiger partial charge in [-0.3, -0.25) is 14.3 Å². The lowest BCUT2D eigenvalue weighted by Gasteiger charge is -2.36. The van der Waals surface area contributed by atoms with Crippen molar-refractivity contribution in [1.82, 2.24) is 14.4 Å². The van der Waals surface area contributed by atoms with Crippen LogP contribution in [0.1, 0.15) is 33.4 Å². The minimum absolute atomic E-state index is 0.0791. The summed E-state index contributed by atoms with van der Waals surface area (Å²) in [6, 6.07) is 15.4. The van der Waals surface area contributed by atoms with Crippen LogP contribution < -0.4 is 10.3 Å². The molecule has 3 aromatic rings. The van der Waals surface area contributed by atoms with E-state index in [0.29, 0.717) is 56.2 Å². The van der Waals surface area contributed by atoms with Crippen LogP contribution in [-0.2, 0) is 11.3 Å². The third kappa shape index (κ3) is 5.87. The van der Waals surface area contributed by atoms with Gasteiger partial charge in [0.2, 0.25) is 0 Å². The van der Waals surface area contributed by atoms with E-state index in [4.69, 9.17) is 9.47 Å². The van der Waals surface area contributed by atoms with Gasteiger partial charge in [0.1, 0.15) is 11.4 Å². The van der Waals surface area contributed by atoms with E-state index in [9.17, 15) is 9.59 Å². The van der Waals surface area contributed by atoms with Crippen molar-refractivity contribution in [2.75, 3.05) is 32.8 Å². The highest BCUT2D eigenvalue weighted by molar-refractivity contribution is 9.10. The first-order valence-electron chi connectivity index (χ1n) is 11.9. The average molecular weight is 542 g/mol. The first-order chi connectivity index (χ1) is 16.7. The second-order valence-corrected chi connectivity index (χ2v) is 10.6. The molecule has 1 aliphatic rings. The number of halogens is 1. The maximum Gasteiger partial charge on any atom is 0.410 e. The third-order valence-electron chi connectivity index (χ3n) is 5.87. The highest BCUT2D eigenvalue weighted by Crippen LogP contribution is 2.29. The van der Waals surface area contributed by atoms with E-state index in [-0.39, 0.29) is 11.7 Å². The zero-order chi connectivity index (χ0) is 25.2. The number of amides is 1. The molecule has 1 amide bonds. The van der Waals surface area contributed by atoms with Crippen molar-refractivity contribution in [1.29, 1.82) is 0 Å². The lowest BCUT2D eigenvalue weighted by atomic mass is 10.1. The Labute approximate surface area is 214 Å². The molecule has 0 radical (unpaired) electrons. The summed E-state index contributed by atoms with van der Waals surface area (Å²) in [6.07, 6.45) is -0.282. The number of rotatable bonds is 5. The van der Waals surface area contributed by atoms with Crippen LogP contribution in [0.2, 0.25) is 0 Å². The Bertz CT molecular complexity index is 1270. The Morgan fingerprint density at radius 1 is 1.03 bits per heavy atom. The largest absolute Gasteiger partial charge is 0.492 e. The van der Waals surface area contributed by atoms with E-state index in [0.717, 1.165) is 15.6 Å². The van der Waals surface area contributed by atoms with Crippen molar-refractivity contribution >= 4 is 32.8 Å². The van der Waals surface area contributed by atoms with Gasteiger partial charge < -0.3 is 14.4 Å². The first kappa shape index (κ1) is 25.3. The average Bonchev–Trinajstić information content (AvgIpc) is 2.80. The van der Waals surface area contributed by atoms with Crippen molar-refractivity contribution in [3.63, 3.8) is 0 Å². The molecule has 186 valence electrons. The van der Waals surface area contributed by atoms with Crippen LogP contribution >= 0.6 is 15.9 Å². The molecule has 0 saturated carbocycles. The van der Waals surface area contributed by atoms with Crippen LogP contribution in [0.4, 0.5) is 4.79 Å². The molecule has 7 nitrogen and oxygen atoms in total. The van der Waals surface area contributed by atoms with Crippen LogP contribution in [0.5, 0.6) is 5.75 Å². The second-order valence-electron chi connectivity index (χ2n) is 9.65. The topological polar surface area (TPSA) is 64.0 Å². The molecule has 1 aliphatic heterocycles. The Morgan fingerprint density at radius 2 is 1.74 bits per heavy atom. The molecule has 1 fully saturated rings. The molecule has 4 rings (SSSR count). The maximum absolute atomic E-state index is 13.7. The summed E-state index contributed by atoms with van der Waals surface area (Å²) in [6.45, 7) is 11.2. The molecule has 0 unspecified atom stereocenters. The Morgan fingerprint density at radius 3 is 2.43 bits per heavy atom. The summed E-state index contributed by atoms with van der Waals surface area (Å²) < 4.78 is 14.0. The number of pyridine rings is 1. The summed E-state index contributed by atoms with van der Waals surface area (Å²) in [5.74, 6) is 0.657. The number of hydrogen-bond acceptors (Lipinski definition) is 5. The smallest absolute Gasteiger partial charge is 0.410 e. The summed E-state index contributed by atoms with van der Waals surface area (Å²) in [5.41, 5.74) is 0.986. The van der Waals surface area contributed by atoms with E-state index in [1.165, 1.54) is 0 Å². The number of carbonyl (C=O) groups is 1. The van der Waals surface area contributed by atoms with Gasteiger partial charge in [-0.05, 0) is 63.4 Å². The highest BCUT2D eigenvalue weighted by Gasteiger charge is 2.26. The van der Waals surface area contributed by atoms with Gasteiger partial charge in [0.15, 0.2) is 0 Å². The number of aromatic nitrogens is 1. The quantitative estimate of drug-likeness (QED) is 0.444. The molecular formula is C27H32BrN3O4. The molecule has 0 aliphatic carbocycles. The van der Waals surface area contributed by atoms with E-state index >= 15 is 0 Å². The minimum atomic E-state index is -0.516. The van der Waals surface area contributed by atoms with E-state index in [1.807, 2.05) is 70.2 Å². The molecule has 35 heavy (non-hydrogen) atoms. The SMILES string of the molecule is CCOc1ccc(Br)cc1-n1c(CN2CCN(C(=O)OC(C)(C)C)CC2)cc2ccccc2c1=O. The Hall–Kier alpha value is -2.84.